The van der Waals surface area contributed by atoms with Crippen molar-refractivity contribution in [2.75, 3.05) is 17.3 Å². The van der Waals surface area contributed by atoms with Gasteiger partial charge in [0.25, 0.3) is 5.56 Å². The summed E-state index contributed by atoms with van der Waals surface area (Å²) in [4.78, 5) is 36.9. The number of nitrogens with zero attached hydrogens (tertiary/aromatic N) is 3. The van der Waals surface area contributed by atoms with Crippen LogP contribution in [0.3, 0.4) is 0 Å². The zero-order valence-electron chi connectivity index (χ0n) is 14.6. The number of anilines is 2. The molecule has 0 fully saturated rings. The number of carbonyl (C=O) groups is 1. The van der Waals surface area contributed by atoms with Gasteiger partial charge in [-0.2, -0.15) is 4.98 Å². The van der Waals surface area contributed by atoms with E-state index >= 15 is 0 Å². The van der Waals surface area contributed by atoms with Crippen molar-refractivity contribution in [2.24, 2.45) is 0 Å². The molecule has 8 nitrogen and oxygen atoms in total. The molecule has 0 unspecified atom stereocenters. The Labute approximate surface area is 159 Å². The average Bonchev–Trinajstić information content (AvgIpc) is 2.65. The minimum Gasteiger partial charge on any atom is -0.444 e. The highest BCUT2D eigenvalue weighted by Gasteiger charge is 2.25. The Morgan fingerprint density at radius 2 is 2.15 bits per heavy atom. The number of hydrogen-bond donors (Lipinski definition) is 2. The van der Waals surface area contributed by atoms with Crippen molar-refractivity contribution in [1.82, 2.24) is 15.0 Å². The molecular formula is C18H16ClN5O3. The monoisotopic (exact) mass is 385 g/mol. The Morgan fingerprint density at radius 1 is 1.33 bits per heavy atom. The van der Waals surface area contributed by atoms with Crippen LogP contribution in [-0.2, 0) is 11.3 Å². The number of aromatic amines is 1. The molecule has 0 bridgehead atoms. The van der Waals surface area contributed by atoms with Crippen molar-refractivity contribution in [3.8, 4) is 0 Å². The number of hydrogen-bond acceptors (Lipinski definition) is 6. The number of fused-ring (bicyclic) bond motifs is 2. The molecule has 138 valence electrons. The Hall–Kier alpha value is -3.13. The summed E-state index contributed by atoms with van der Waals surface area (Å²) in [6, 6.07) is 6.71. The first-order valence-electron chi connectivity index (χ1n) is 8.28. The smallest absolute Gasteiger partial charge is 0.415 e. The molecular weight excluding hydrogens is 370 g/mol. The molecule has 0 radical (unpaired) electrons. The quantitative estimate of drug-likeness (QED) is 0.718. The number of ether oxygens (including phenoxy) is 1. The lowest BCUT2D eigenvalue weighted by atomic mass is 10.1. The van der Waals surface area contributed by atoms with Crippen molar-refractivity contribution < 1.29 is 9.53 Å². The largest absolute Gasteiger partial charge is 0.444 e. The van der Waals surface area contributed by atoms with E-state index in [0.717, 1.165) is 5.39 Å². The normalized spacial score (nSPS) is 14.6. The molecule has 0 saturated heterocycles. The molecule has 1 aromatic carbocycles. The van der Waals surface area contributed by atoms with Crippen LogP contribution in [0.25, 0.3) is 10.9 Å². The van der Waals surface area contributed by atoms with Crippen molar-refractivity contribution >= 4 is 40.4 Å². The van der Waals surface area contributed by atoms with E-state index in [1.807, 2.05) is 6.92 Å². The Kier molecular flexibility index (Phi) is 4.19. The molecule has 2 N–H and O–H groups in total. The molecule has 0 saturated carbocycles. The standard InChI is InChI=1S/C18H16ClN5O3/c1-9(13-6-10-5-12(19)3-4-14(10)22-16(13)25)21-17-20-7-11-8-27-18(26)24(2)15(11)23-17/h3-7,9H,8H2,1-2H3,(H,22,25)(H,20,21,23)/t9-/m0/s1. The topological polar surface area (TPSA) is 100 Å². The number of pyridine rings is 1. The zero-order valence-corrected chi connectivity index (χ0v) is 15.4. The average molecular weight is 386 g/mol. The highest BCUT2D eigenvalue weighted by molar-refractivity contribution is 6.31. The zero-order chi connectivity index (χ0) is 19.1. The molecule has 1 aliphatic rings. The molecule has 3 heterocycles. The molecule has 1 atom stereocenters. The molecule has 1 amide bonds. The molecule has 2 aromatic heterocycles. The number of H-pyrrole nitrogens is 1. The number of amides is 1. The maximum atomic E-state index is 12.4. The molecule has 3 aromatic rings. The third-order valence-electron chi connectivity index (χ3n) is 4.43. The number of rotatable bonds is 3. The summed E-state index contributed by atoms with van der Waals surface area (Å²) in [6.07, 6.45) is 1.13. The van der Waals surface area contributed by atoms with Crippen LogP contribution in [0, 0.1) is 0 Å². The van der Waals surface area contributed by atoms with Crippen LogP contribution in [-0.4, -0.2) is 28.1 Å². The number of nitrogens with one attached hydrogen (secondary N) is 2. The van der Waals surface area contributed by atoms with Gasteiger partial charge in [0.05, 0.1) is 11.6 Å². The van der Waals surface area contributed by atoms with Gasteiger partial charge in [-0.05, 0) is 31.2 Å². The second-order valence-electron chi connectivity index (χ2n) is 6.31. The Morgan fingerprint density at radius 3 is 2.96 bits per heavy atom. The van der Waals surface area contributed by atoms with E-state index in [4.69, 9.17) is 16.3 Å². The van der Waals surface area contributed by atoms with Gasteiger partial charge in [0, 0.05) is 34.7 Å². The fourth-order valence-corrected chi connectivity index (χ4v) is 3.15. The van der Waals surface area contributed by atoms with Crippen LogP contribution in [0.5, 0.6) is 0 Å². The minimum atomic E-state index is -0.469. The van der Waals surface area contributed by atoms with Gasteiger partial charge >= 0.3 is 6.09 Å². The maximum Gasteiger partial charge on any atom is 0.415 e. The maximum absolute atomic E-state index is 12.4. The second kappa shape index (κ2) is 6.55. The van der Waals surface area contributed by atoms with E-state index in [1.165, 1.54) is 4.90 Å². The molecule has 9 heteroatoms. The number of halogens is 1. The Balaban J connectivity index is 1.65. The first-order valence-corrected chi connectivity index (χ1v) is 8.65. The summed E-state index contributed by atoms with van der Waals surface area (Å²) >= 11 is 6.04. The van der Waals surface area contributed by atoms with Gasteiger partial charge < -0.3 is 15.0 Å². The van der Waals surface area contributed by atoms with Crippen LogP contribution < -0.4 is 15.8 Å². The van der Waals surface area contributed by atoms with Gasteiger partial charge in [0.1, 0.15) is 12.4 Å². The second-order valence-corrected chi connectivity index (χ2v) is 6.74. The van der Waals surface area contributed by atoms with Crippen molar-refractivity contribution in [1.29, 1.82) is 0 Å². The predicted molar refractivity (Wildman–Crippen MR) is 102 cm³/mol. The summed E-state index contributed by atoms with van der Waals surface area (Å²) in [7, 11) is 1.58. The summed E-state index contributed by atoms with van der Waals surface area (Å²) in [5, 5.41) is 4.53. The SMILES string of the molecule is C[C@H](Nc1ncc2c(n1)N(C)C(=O)OC2)c1cc2cc(Cl)ccc2[nH]c1=O. The Bertz CT molecular complexity index is 1110. The number of carbonyl (C=O) groups excluding carboxylic acids is 1. The lowest BCUT2D eigenvalue weighted by molar-refractivity contribution is 0.143. The van der Waals surface area contributed by atoms with E-state index in [9.17, 15) is 9.59 Å². The van der Waals surface area contributed by atoms with Crippen molar-refractivity contribution in [3.63, 3.8) is 0 Å². The van der Waals surface area contributed by atoms with Gasteiger partial charge in [-0.3, -0.25) is 9.69 Å². The summed E-state index contributed by atoms with van der Waals surface area (Å²) in [5.41, 5.74) is 1.75. The van der Waals surface area contributed by atoms with Gasteiger partial charge in [0.15, 0.2) is 0 Å². The van der Waals surface area contributed by atoms with Gasteiger partial charge in [-0.25, -0.2) is 9.78 Å². The lowest BCUT2D eigenvalue weighted by Gasteiger charge is -2.24. The molecule has 4 rings (SSSR count). The highest BCUT2D eigenvalue weighted by Crippen LogP contribution is 2.25. The van der Waals surface area contributed by atoms with Crippen molar-refractivity contribution in [3.05, 3.63) is 57.0 Å². The van der Waals surface area contributed by atoms with E-state index in [0.29, 0.717) is 33.4 Å². The first-order chi connectivity index (χ1) is 12.9. The summed E-state index contributed by atoms with van der Waals surface area (Å²) < 4.78 is 5.00. The van der Waals surface area contributed by atoms with E-state index in [1.54, 1.807) is 37.5 Å². The first kappa shape index (κ1) is 17.3. The van der Waals surface area contributed by atoms with Crippen molar-refractivity contribution in [2.45, 2.75) is 19.6 Å². The summed E-state index contributed by atoms with van der Waals surface area (Å²) in [5.74, 6) is 0.795. The van der Waals surface area contributed by atoms with E-state index in [-0.39, 0.29) is 18.2 Å². The fraction of sp³-hybridized carbons (Fsp3) is 0.222. The van der Waals surface area contributed by atoms with Gasteiger partial charge in [-0.1, -0.05) is 11.6 Å². The molecule has 1 aliphatic heterocycles. The molecule has 0 spiro atoms. The fourth-order valence-electron chi connectivity index (χ4n) is 2.97. The summed E-state index contributed by atoms with van der Waals surface area (Å²) in [6.45, 7) is 1.97. The molecule has 27 heavy (non-hydrogen) atoms. The van der Waals surface area contributed by atoms with Crippen LogP contribution >= 0.6 is 11.6 Å². The minimum absolute atomic E-state index is 0.138. The predicted octanol–water partition coefficient (Wildman–Crippen LogP) is 3.23. The van der Waals surface area contributed by atoms with E-state index < -0.39 is 6.09 Å². The number of cyclic esters (lactones) is 1. The van der Waals surface area contributed by atoms with Crippen LogP contribution in [0.15, 0.2) is 35.3 Å². The van der Waals surface area contributed by atoms with Crippen LogP contribution in [0.4, 0.5) is 16.6 Å². The lowest BCUT2D eigenvalue weighted by Crippen LogP contribution is -2.33. The van der Waals surface area contributed by atoms with Gasteiger partial charge in [0.2, 0.25) is 5.95 Å². The third kappa shape index (κ3) is 3.19. The van der Waals surface area contributed by atoms with Crippen LogP contribution in [0.1, 0.15) is 24.1 Å². The third-order valence-corrected chi connectivity index (χ3v) is 4.67. The number of benzene rings is 1. The van der Waals surface area contributed by atoms with Crippen LogP contribution in [0.2, 0.25) is 5.02 Å². The van der Waals surface area contributed by atoms with Gasteiger partial charge in [-0.15, -0.1) is 0 Å². The number of aromatic nitrogens is 3. The van der Waals surface area contributed by atoms with E-state index in [2.05, 4.69) is 20.3 Å². The molecule has 0 aliphatic carbocycles. The highest BCUT2D eigenvalue weighted by atomic mass is 35.5.